The number of carboxylic acid groups (broad SMARTS) is 1. The Hall–Kier alpha value is -1.12. The minimum atomic E-state index is -4.88. The van der Waals surface area contributed by atoms with Crippen LogP contribution in [0, 0.1) is 5.41 Å². The first-order valence-electron chi connectivity index (χ1n) is 6.37. The third-order valence-corrected chi connectivity index (χ3v) is 4.68. The highest BCUT2D eigenvalue weighted by atomic mass is 32.2. The zero-order valence-corrected chi connectivity index (χ0v) is 12.9. The van der Waals surface area contributed by atoms with Crippen LogP contribution in [0.15, 0.2) is 0 Å². The Morgan fingerprint density at radius 1 is 1.48 bits per heavy atom. The number of hydrogen-bond donors (Lipinski definition) is 1. The standard InChI is InChI=1S/C12H19F3N2O3S/c1-8(6-21-3)16(2)10(20)17-5-4-11(7-17,9(18)19)12(13,14)15/h8H,4-7H2,1-3H3,(H,18,19). The van der Waals surface area contributed by atoms with Crippen molar-refractivity contribution < 1.29 is 27.9 Å². The van der Waals surface area contributed by atoms with Crippen LogP contribution in [-0.4, -0.2) is 71.3 Å². The number of carbonyl (C=O) groups excluding carboxylic acids is 1. The molecule has 1 aliphatic rings. The molecular weight excluding hydrogens is 309 g/mol. The Morgan fingerprint density at radius 3 is 2.43 bits per heavy atom. The van der Waals surface area contributed by atoms with Gasteiger partial charge < -0.3 is 14.9 Å². The Morgan fingerprint density at radius 2 is 2.05 bits per heavy atom. The molecule has 2 amide bonds. The van der Waals surface area contributed by atoms with E-state index in [0.717, 1.165) is 4.90 Å². The smallest absolute Gasteiger partial charge is 0.406 e. The van der Waals surface area contributed by atoms with E-state index in [1.807, 2.05) is 6.26 Å². The van der Waals surface area contributed by atoms with Gasteiger partial charge in [0.1, 0.15) is 0 Å². The van der Waals surface area contributed by atoms with Gasteiger partial charge in [-0.25, -0.2) is 4.79 Å². The maximum atomic E-state index is 13.0. The maximum Gasteiger partial charge on any atom is 0.406 e. The second-order valence-corrected chi connectivity index (χ2v) is 6.17. The lowest BCUT2D eigenvalue weighted by Crippen LogP contribution is -2.50. The highest BCUT2D eigenvalue weighted by Crippen LogP contribution is 2.45. The Kier molecular flexibility index (Phi) is 5.40. The summed E-state index contributed by atoms with van der Waals surface area (Å²) in [6.07, 6.45) is -3.62. The lowest BCUT2D eigenvalue weighted by atomic mass is 9.86. The fourth-order valence-electron chi connectivity index (χ4n) is 2.26. The molecule has 0 saturated carbocycles. The van der Waals surface area contributed by atoms with E-state index in [4.69, 9.17) is 5.11 Å². The van der Waals surface area contributed by atoms with E-state index in [1.165, 1.54) is 23.7 Å². The van der Waals surface area contributed by atoms with Gasteiger partial charge in [-0.2, -0.15) is 24.9 Å². The summed E-state index contributed by atoms with van der Waals surface area (Å²) in [4.78, 5) is 25.6. The van der Waals surface area contributed by atoms with Crippen LogP contribution in [0.3, 0.4) is 0 Å². The summed E-state index contributed by atoms with van der Waals surface area (Å²) in [7, 11) is 1.51. The molecule has 9 heteroatoms. The van der Waals surface area contributed by atoms with Crippen molar-refractivity contribution in [2.75, 3.05) is 32.1 Å². The molecule has 0 aromatic rings. The van der Waals surface area contributed by atoms with Crippen molar-refractivity contribution in [3.8, 4) is 0 Å². The third-order valence-electron chi connectivity index (χ3n) is 3.86. The summed E-state index contributed by atoms with van der Waals surface area (Å²) in [6, 6.07) is -0.706. The van der Waals surface area contributed by atoms with Crippen molar-refractivity contribution >= 4 is 23.8 Å². The molecule has 1 N–H and O–H groups in total. The highest BCUT2D eigenvalue weighted by Gasteiger charge is 2.64. The van der Waals surface area contributed by atoms with Crippen LogP contribution in [0.2, 0.25) is 0 Å². The average molecular weight is 328 g/mol. The minimum absolute atomic E-state index is 0.141. The Bertz CT molecular complexity index is 419. The van der Waals surface area contributed by atoms with Gasteiger partial charge in [-0.15, -0.1) is 0 Å². The molecule has 1 rings (SSSR count). The van der Waals surface area contributed by atoms with Gasteiger partial charge in [-0.05, 0) is 19.6 Å². The van der Waals surface area contributed by atoms with E-state index in [2.05, 4.69) is 0 Å². The van der Waals surface area contributed by atoms with Gasteiger partial charge in [0, 0.05) is 31.9 Å². The molecule has 0 aliphatic carbocycles. The monoisotopic (exact) mass is 328 g/mol. The van der Waals surface area contributed by atoms with Crippen LogP contribution in [0.4, 0.5) is 18.0 Å². The molecule has 0 aromatic carbocycles. The molecule has 2 atom stereocenters. The zero-order chi connectivity index (χ0) is 16.4. The van der Waals surface area contributed by atoms with Gasteiger partial charge >= 0.3 is 18.2 Å². The second-order valence-electron chi connectivity index (χ2n) is 5.25. The molecular formula is C12H19F3N2O3S. The number of urea groups is 1. The number of rotatable bonds is 4. The number of alkyl halides is 3. The van der Waals surface area contributed by atoms with Crippen molar-refractivity contribution in [3.05, 3.63) is 0 Å². The van der Waals surface area contributed by atoms with Crippen molar-refractivity contribution in [2.24, 2.45) is 5.41 Å². The molecule has 0 aromatic heterocycles. The number of nitrogens with zero attached hydrogens (tertiary/aromatic N) is 2. The minimum Gasteiger partial charge on any atom is -0.481 e. The first-order valence-corrected chi connectivity index (χ1v) is 7.77. The van der Waals surface area contributed by atoms with E-state index in [1.54, 1.807) is 6.92 Å². The fourth-order valence-corrected chi connectivity index (χ4v) is 2.97. The zero-order valence-electron chi connectivity index (χ0n) is 12.1. The molecule has 0 radical (unpaired) electrons. The number of amides is 2. The molecule has 1 heterocycles. The number of aliphatic carboxylic acids is 1. The summed E-state index contributed by atoms with van der Waals surface area (Å²) in [5.41, 5.74) is -2.85. The van der Waals surface area contributed by atoms with E-state index in [9.17, 15) is 22.8 Å². The summed E-state index contributed by atoms with van der Waals surface area (Å²) in [5, 5.41) is 8.96. The Labute approximate surface area is 125 Å². The molecule has 122 valence electrons. The predicted molar refractivity (Wildman–Crippen MR) is 73.3 cm³/mol. The second kappa shape index (κ2) is 6.33. The third kappa shape index (κ3) is 3.38. The molecule has 2 unspecified atom stereocenters. The van der Waals surface area contributed by atoms with Gasteiger partial charge in [0.2, 0.25) is 0 Å². The van der Waals surface area contributed by atoms with Crippen LogP contribution in [0.5, 0.6) is 0 Å². The van der Waals surface area contributed by atoms with Gasteiger partial charge in [0.05, 0.1) is 0 Å². The van der Waals surface area contributed by atoms with Gasteiger partial charge in [0.15, 0.2) is 5.41 Å². The van der Waals surface area contributed by atoms with Crippen LogP contribution in [-0.2, 0) is 4.79 Å². The predicted octanol–water partition coefficient (Wildman–Crippen LogP) is 2.13. The van der Waals surface area contributed by atoms with E-state index >= 15 is 0 Å². The van der Waals surface area contributed by atoms with Gasteiger partial charge in [-0.3, -0.25) is 4.79 Å². The molecule has 0 bridgehead atoms. The van der Waals surface area contributed by atoms with Crippen LogP contribution in [0.1, 0.15) is 13.3 Å². The Balaban J connectivity index is 2.86. The SMILES string of the molecule is CSCC(C)N(C)C(=O)N1CCC(C(=O)O)(C(F)(F)F)C1. The van der Waals surface area contributed by atoms with Crippen molar-refractivity contribution in [1.29, 1.82) is 0 Å². The summed E-state index contributed by atoms with van der Waals surface area (Å²) in [6.45, 7) is 0.751. The lowest BCUT2D eigenvalue weighted by Gasteiger charge is -2.31. The fraction of sp³-hybridized carbons (Fsp3) is 0.833. The number of hydrogen-bond acceptors (Lipinski definition) is 3. The first kappa shape index (κ1) is 17.9. The van der Waals surface area contributed by atoms with E-state index < -0.39 is 36.6 Å². The maximum absolute atomic E-state index is 13.0. The summed E-state index contributed by atoms with van der Waals surface area (Å²) >= 11 is 1.52. The lowest BCUT2D eigenvalue weighted by molar-refractivity contribution is -0.227. The van der Waals surface area contributed by atoms with Crippen LogP contribution >= 0.6 is 11.8 Å². The first-order chi connectivity index (χ1) is 9.56. The number of halogens is 3. The molecule has 1 saturated heterocycles. The quantitative estimate of drug-likeness (QED) is 0.859. The van der Waals surface area contributed by atoms with E-state index in [0.29, 0.717) is 5.75 Å². The number of thioether (sulfide) groups is 1. The summed E-state index contributed by atoms with van der Waals surface area (Å²) in [5.74, 6) is -1.27. The molecule has 0 spiro atoms. The van der Waals surface area contributed by atoms with Crippen LogP contribution < -0.4 is 0 Å². The topological polar surface area (TPSA) is 60.9 Å². The number of carboxylic acids is 1. The highest BCUT2D eigenvalue weighted by molar-refractivity contribution is 7.98. The average Bonchev–Trinajstić information content (AvgIpc) is 2.83. The largest absolute Gasteiger partial charge is 0.481 e. The summed E-state index contributed by atoms with van der Waals surface area (Å²) < 4.78 is 39.1. The molecule has 5 nitrogen and oxygen atoms in total. The molecule has 1 fully saturated rings. The number of likely N-dealkylation sites (tertiary alicyclic amines) is 1. The van der Waals surface area contributed by atoms with E-state index in [-0.39, 0.29) is 12.6 Å². The molecule has 1 aliphatic heterocycles. The number of carbonyl (C=O) groups is 2. The van der Waals surface area contributed by atoms with Gasteiger partial charge in [-0.1, -0.05) is 0 Å². The van der Waals surface area contributed by atoms with Crippen LogP contribution in [0.25, 0.3) is 0 Å². The van der Waals surface area contributed by atoms with Crippen molar-refractivity contribution in [3.63, 3.8) is 0 Å². The van der Waals surface area contributed by atoms with Crippen molar-refractivity contribution in [1.82, 2.24) is 9.80 Å². The normalized spacial score (nSPS) is 24.0. The molecule has 21 heavy (non-hydrogen) atoms. The van der Waals surface area contributed by atoms with Crippen molar-refractivity contribution in [2.45, 2.75) is 25.6 Å². The van der Waals surface area contributed by atoms with Gasteiger partial charge in [0.25, 0.3) is 0 Å².